The Morgan fingerprint density at radius 3 is 2.00 bits per heavy atom. The van der Waals surface area contributed by atoms with Gasteiger partial charge in [0.2, 0.25) is 0 Å². The smallest absolute Gasteiger partial charge is 0.305 e. The first-order valence-electron chi connectivity index (χ1n) is 0.659. The molecule has 0 aromatic carbocycles. The maximum atomic E-state index is 4.46. The second-order valence-corrected chi connectivity index (χ2v) is 2.91. The minimum absolute atomic E-state index is 0. The molecular formula is CHIKPS. The van der Waals surface area contributed by atoms with Crippen LogP contribution in [0.5, 0.6) is 0 Å². The minimum Gasteiger partial charge on any atom is -0.305 e. The predicted octanol–water partition coefficient (Wildman–Crippen LogP) is -1.05. The van der Waals surface area contributed by atoms with Gasteiger partial charge in [0.05, 0.1) is 0 Å². The minimum atomic E-state index is 0. The Balaban J connectivity index is 0. The van der Waals surface area contributed by atoms with E-state index in [1.54, 1.807) is 0 Å². The monoisotopic (exact) mass is 242 g/mol. The molecule has 0 heterocycles. The molecule has 0 saturated carbocycles. The van der Waals surface area contributed by atoms with Crippen LogP contribution < -0.4 is 51.4 Å². The van der Waals surface area contributed by atoms with Gasteiger partial charge in [0, 0.05) is 0 Å². The van der Waals surface area contributed by atoms with Crippen molar-refractivity contribution in [3.63, 3.8) is 0 Å². The molecule has 0 aromatic rings. The van der Waals surface area contributed by atoms with E-state index in [0.29, 0.717) is 0 Å². The molecule has 0 aliphatic heterocycles. The third-order valence-electron chi connectivity index (χ3n) is 0.0398. The van der Waals surface area contributed by atoms with Gasteiger partial charge in [-0.25, -0.2) is 11.5 Å². The van der Waals surface area contributed by atoms with Crippen LogP contribution in [0.4, 0.5) is 0 Å². The van der Waals surface area contributed by atoms with Gasteiger partial charge in [0.15, 0.2) is 0 Å². The Morgan fingerprint density at radius 2 is 2.00 bits per heavy atom. The summed E-state index contributed by atoms with van der Waals surface area (Å²) in [6, 6.07) is 0. The molecule has 0 spiro atoms. The fraction of sp³-hybridized carbons (Fsp3) is 0. The molecule has 0 aliphatic rings. The zero-order valence-corrected chi connectivity index (χ0v) is 9.80. The molecule has 0 nitrogen and oxygen atoms in total. The van der Waals surface area contributed by atoms with Crippen molar-refractivity contribution in [2.24, 2.45) is 0 Å². The van der Waals surface area contributed by atoms with Crippen LogP contribution in [0.15, 0.2) is 0 Å². The second-order valence-electron chi connectivity index (χ2n) is 0.203. The molecule has 0 aromatic heterocycles. The predicted molar refractivity (Wildman–Crippen MR) is 32.6 cm³/mol. The van der Waals surface area contributed by atoms with Crippen LogP contribution in [-0.4, -0.2) is 0 Å². The van der Waals surface area contributed by atoms with Crippen LogP contribution >= 0.6 is 29.9 Å². The van der Waals surface area contributed by atoms with Crippen molar-refractivity contribution in [2.75, 3.05) is 0 Å². The molecule has 4 heteroatoms. The molecular weight excluding hydrogens is 241 g/mol. The fourth-order valence-corrected chi connectivity index (χ4v) is 0. The van der Waals surface area contributed by atoms with Crippen molar-refractivity contribution in [3.8, 4) is 0 Å². The normalized spacial score (nSPS) is 6.60. The van der Waals surface area contributed by atoms with Gasteiger partial charge in [-0.05, 0) is 0 Å². The summed E-state index contributed by atoms with van der Waals surface area (Å²) in [6.45, 7) is 0. The Morgan fingerprint density at radius 1 is 1.80 bits per heavy atom. The zero-order valence-electron chi connectivity index (χ0n) is 2.81. The average Bonchev–Trinajstić information content (AvgIpc) is 1.37. The Kier molecular flexibility index (Phi) is 21.6. The fourth-order valence-electron chi connectivity index (χ4n) is 0. The average molecular weight is 242 g/mol. The summed E-state index contributed by atoms with van der Waals surface area (Å²) in [6.07, 6.45) is 0. The van der Waals surface area contributed by atoms with E-state index in [4.69, 9.17) is 0 Å². The van der Waals surface area contributed by atoms with Crippen molar-refractivity contribution in [3.05, 3.63) is 4.17 Å². The van der Waals surface area contributed by atoms with Crippen LogP contribution in [0.1, 0.15) is 0 Å². The van der Waals surface area contributed by atoms with E-state index >= 15 is 0 Å². The first-order chi connectivity index (χ1) is 1.91. The van der Waals surface area contributed by atoms with Crippen molar-refractivity contribution in [2.45, 2.75) is 0 Å². The Hall–Kier alpha value is 2.89. The van der Waals surface area contributed by atoms with E-state index < -0.39 is 0 Å². The van der Waals surface area contributed by atoms with E-state index in [2.05, 4.69) is 34.4 Å². The molecule has 0 atom stereocenters. The molecule has 5 heavy (non-hydrogen) atoms. The number of hydrogen-bond acceptors (Lipinski definition) is 1. The standard InChI is InChI=1S/CHIPS.K/c2-1-3-4;/h1H;/q-1;+1. The first-order valence-corrected chi connectivity index (χ1v) is 3.88. The largest absolute Gasteiger partial charge is 1.00 e. The SMILES string of the molecule is S=P[CH-]I.[K+]. The molecule has 0 unspecified atom stereocenters. The summed E-state index contributed by atoms with van der Waals surface area (Å²) in [5.41, 5.74) is 0. The quantitative estimate of drug-likeness (QED) is 0.245. The van der Waals surface area contributed by atoms with Gasteiger partial charge < -0.3 is 22.6 Å². The Bertz CT molecular complexity index is 25.6. The van der Waals surface area contributed by atoms with E-state index in [0.717, 1.165) is 7.36 Å². The van der Waals surface area contributed by atoms with Gasteiger partial charge in [-0.2, -0.15) is 0 Å². The molecule has 0 aliphatic carbocycles. The molecule has 0 fully saturated rings. The molecule has 24 valence electrons. The Labute approximate surface area is 94.9 Å². The van der Waals surface area contributed by atoms with E-state index in [-0.39, 0.29) is 51.4 Å². The maximum Gasteiger partial charge on any atom is 1.00 e. The van der Waals surface area contributed by atoms with Crippen molar-refractivity contribution in [1.29, 1.82) is 0 Å². The first kappa shape index (κ1) is 10.8. The molecule has 0 saturated heterocycles. The third-order valence-corrected chi connectivity index (χ3v) is 2.41. The maximum absolute atomic E-state index is 4.46. The third kappa shape index (κ3) is 10.9. The van der Waals surface area contributed by atoms with Crippen LogP contribution in [0, 0.1) is 4.17 Å². The van der Waals surface area contributed by atoms with Crippen LogP contribution in [0.2, 0.25) is 0 Å². The topological polar surface area (TPSA) is 0 Å². The van der Waals surface area contributed by atoms with Gasteiger partial charge in [0.1, 0.15) is 0 Å². The van der Waals surface area contributed by atoms with Crippen LogP contribution in [-0.2, 0) is 11.8 Å². The van der Waals surface area contributed by atoms with E-state index in [1.807, 2.05) is 4.17 Å². The van der Waals surface area contributed by atoms with Gasteiger partial charge >= 0.3 is 51.4 Å². The van der Waals surface area contributed by atoms with Gasteiger partial charge in [-0.15, -0.1) is 0 Å². The molecule has 0 N–H and O–H groups in total. The summed E-state index contributed by atoms with van der Waals surface area (Å²) in [5, 5.41) is 0. The zero-order chi connectivity index (χ0) is 3.41. The molecule has 0 rings (SSSR count). The van der Waals surface area contributed by atoms with Gasteiger partial charge in [-0.3, -0.25) is 0 Å². The molecule has 0 radical (unpaired) electrons. The van der Waals surface area contributed by atoms with E-state index in [1.165, 1.54) is 0 Å². The van der Waals surface area contributed by atoms with Crippen molar-refractivity contribution >= 4 is 41.8 Å². The van der Waals surface area contributed by atoms with Crippen molar-refractivity contribution < 1.29 is 51.4 Å². The molecule has 0 bridgehead atoms. The van der Waals surface area contributed by atoms with Crippen molar-refractivity contribution in [1.82, 2.24) is 0 Å². The number of hydrogen-bond donors (Lipinski definition) is 0. The second kappa shape index (κ2) is 9.99. The number of halogens is 1. The van der Waals surface area contributed by atoms with Gasteiger partial charge in [-0.1, -0.05) is 11.8 Å². The summed E-state index contributed by atoms with van der Waals surface area (Å²) >= 11 is 6.57. The van der Waals surface area contributed by atoms with Crippen LogP contribution in [0.25, 0.3) is 0 Å². The molecule has 0 amide bonds. The number of rotatable bonds is 1. The van der Waals surface area contributed by atoms with Crippen LogP contribution in [0.3, 0.4) is 0 Å². The van der Waals surface area contributed by atoms with E-state index in [9.17, 15) is 0 Å². The summed E-state index contributed by atoms with van der Waals surface area (Å²) in [4.78, 5) is 0. The summed E-state index contributed by atoms with van der Waals surface area (Å²) in [7, 11) is 0.943. The summed E-state index contributed by atoms with van der Waals surface area (Å²) < 4.78 is 1.88. The van der Waals surface area contributed by atoms with Gasteiger partial charge in [0.25, 0.3) is 0 Å². The summed E-state index contributed by atoms with van der Waals surface area (Å²) in [5.74, 6) is 0.